The molecule has 0 saturated heterocycles. The average Bonchev–Trinajstić information content (AvgIpc) is 2.65. The number of rotatable bonds is 11. The Kier molecular flexibility index (Phi) is 7.80. The van der Waals surface area contributed by atoms with Gasteiger partial charge >= 0.3 is 5.97 Å². The average molecular weight is 310 g/mol. The maximum atomic E-state index is 12.1. The van der Waals surface area contributed by atoms with Crippen molar-refractivity contribution in [3.63, 3.8) is 0 Å². The Labute approximate surface area is 133 Å². The van der Waals surface area contributed by atoms with Crippen molar-refractivity contribution in [1.29, 1.82) is 0 Å². The van der Waals surface area contributed by atoms with E-state index in [0.29, 0.717) is 12.0 Å². The molecule has 22 heavy (non-hydrogen) atoms. The molecule has 1 rings (SSSR count). The van der Waals surface area contributed by atoms with Crippen molar-refractivity contribution in [2.24, 2.45) is 0 Å². The topological polar surface area (TPSA) is 63.6 Å². The molecule has 126 valence electrons. The molecule has 0 aromatic carbocycles. The smallest absolute Gasteiger partial charge is 0.344 e. The molecule has 0 amide bonds. The summed E-state index contributed by atoms with van der Waals surface area (Å²) in [5.41, 5.74) is 0.378. The summed E-state index contributed by atoms with van der Waals surface area (Å²) in [5, 5.41) is 9.83. The number of ether oxygens (including phenoxy) is 1. The van der Waals surface area contributed by atoms with Crippen molar-refractivity contribution in [3.05, 3.63) is 11.1 Å². The van der Waals surface area contributed by atoms with Gasteiger partial charge in [0.25, 0.3) is 0 Å². The molecule has 0 aromatic rings. The van der Waals surface area contributed by atoms with E-state index in [9.17, 15) is 14.7 Å². The van der Waals surface area contributed by atoms with Crippen molar-refractivity contribution in [3.8, 4) is 0 Å². The molecule has 1 N–H and O–H groups in total. The Bertz CT molecular complexity index is 421. The molecule has 0 aromatic heterocycles. The van der Waals surface area contributed by atoms with Gasteiger partial charge in [-0.1, -0.05) is 58.3 Å². The maximum Gasteiger partial charge on any atom is 0.344 e. The SMILES string of the molecule is CCCCCCCCCCCC(=O)C1=C(C)C(C)(O)OC1=O. The molecule has 1 heterocycles. The predicted octanol–water partition coefficient (Wildman–Crippen LogP) is 4.06. The fraction of sp³-hybridized carbons (Fsp3) is 0.778. The first-order valence-corrected chi connectivity index (χ1v) is 8.60. The van der Waals surface area contributed by atoms with Gasteiger partial charge < -0.3 is 9.84 Å². The van der Waals surface area contributed by atoms with Gasteiger partial charge in [-0.25, -0.2) is 4.79 Å². The van der Waals surface area contributed by atoms with Crippen molar-refractivity contribution in [2.75, 3.05) is 0 Å². The van der Waals surface area contributed by atoms with Crippen molar-refractivity contribution < 1.29 is 19.4 Å². The number of ketones is 1. The quantitative estimate of drug-likeness (QED) is 0.355. The van der Waals surface area contributed by atoms with Gasteiger partial charge in [-0.3, -0.25) is 4.79 Å². The van der Waals surface area contributed by atoms with Crippen LogP contribution in [0.15, 0.2) is 11.1 Å². The monoisotopic (exact) mass is 310 g/mol. The number of carbonyl (C=O) groups is 2. The van der Waals surface area contributed by atoms with Crippen LogP contribution in [0.4, 0.5) is 0 Å². The number of Topliss-reactive ketones (excluding diaryl/α,β-unsaturated/α-hetero) is 1. The zero-order chi connectivity index (χ0) is 16.6. The number of cyclic esters (lactones) is 1. The molecule has 0 saturated carbocycles. The van der Waals surface area contributed by atoms with Crippen LogP contribution in [0.1, 0.15) is 85.0 Å². The molecular formula is C18H30O4. The number of esters is 1. The molecule has 4 nitrogen and oxygen atoms in total. The van der Waals surface area contributed by atoms with E-state index in [-0.39, 0.29) is 11.4 Å². The second kappa shape index (κ2) is 9.09. The Morgan fingerprint density at radius 1 is 1.05 bits per heavy atom. The molecule has 0 spiro atoms. The Morgan fingerprint density at radius 2 is 1.55 bits per heavy atom. The van der Waals surface area contributed by atoms with E-state index in [4.69, 9.17) is 4.74 Å². The molecule has 0 radical (unpaired) electrons. The van der Waals surface area contributed by atoms with Gasteiger partial charge in [0, 0.05) is 18.9 Å². The molecule has 4 heteroatoms. The fourth-order valence-corrected chi connectivity index (χ4v) is 2.74. The lowest BCUT2D eigenvalue weighted by Gasteiger charge is -2.16. The van der Waals surface area contributed by atoms with Gasteiger partial charge in [-0.15, -0.1) is 0 Å². The second-order valence-corrected chi connectivity index (χ2v) is 6.37. The van der Waals surface area contributed by atoms with Gasteiger partial charge in [0.15, 0.2) is 5.78 Å². The van der Waals surface area contributed by atoms with E-state index < -0.39 is 11.8 Å². The third-order valence-electron chi connectivity index (χ3n) is 4.35. The van der Waals surface area contributed by atoms with Crippen LogP contribution < -0.4 is 0 Å². The molecular weight excluding hydrogens is 280 g/mol. The van der Waals surface area contributed by atoms with Gasteiger partial charge in [-0.05, 0) is 13.3 Å². The summed E-state index contributed by atoms with van der Waals surface area (Å²) in [4.78, 5) is 23.7. The van der Waals surface area contributed by atoms with E-state index >= 15 is 0 Å². The maximum absolute atomic E-state index is 12.1. The number of carbonyl (C=O) groups excluding carboxylic acids is 2. The highest BCUT2D eigenvalue weighted by atomic mass is 16.7. The van der Waals surface area contributed by atoms with Crippen LogP contribution in [-0.2, 0) is 14.3 Å². The summed E-state index contributed by atoms with van der Waals surface area (Å²) >= 11 is 0. The minimum absolute atomic E-state index is 0.0459. The number of hydrogen-bond donors (Lipinski definition) is 1. The van der Waals surface area contributed by atoms with Gasteiger partial charge in [-0.2, -0.15) is 0 Å². The molecule has 1 aliphatic rings. The normalized spacial score (nSPS) is 21.4. The summed E-state index contributed by atoms with van der Waals surface area (Å²) < 4.78 is 4.81. The first-order valence-electron chi connectivity index (χ1n) is 8.60. The highest BCUT2D eigenvalue weighted by Crippen LogP contribution is 2.31. The van der Waals surface area contributed by atoms with Crippen LogP contribution in [-0.4, -0.2) is 22.6 Å². The van der Waals surface area contributed by atoms with Crippen molar-refractivity contribution in [2.45, 2.75) is 90.8 Å². The molecule has 0 bridgehead atoms. The first-order chi connectivity index (χ1) is 10.4. The van der Waals surface area contributed by atoms with Crippen LogP contribution in [0.3, 0.4) is 0 Å². The van der Waals surface area contributed by atoms with E-state index in [2.05, 4.69) is 6.92 Å². The van der Waals surface area contributed by atoms with Gasteiger partial charge in [0.2, 0.25) is 5.79 Å². The van der Waals surface area contributed by atoms with E-state index in [1.54, 1.807) is 6.92 Å². The van der Waals surface area contributed by atoms with Gasteiger partial charge in [0.1, 0.15) is 5.57 Å². The van der Waals surface area contributed by atoms with E-state index in [1.807, 2.05) is 0 Å². The molecule has 0 aliphatic carbocycles. The first kappa shape index (κ1) is 18.9. The Morgan fingerprint density at radius 3 is 2.00 bits per heavy atom. The van der Waals surface area contributed by atoms with Crippen LogP contribution >= 0.6 is 0 Å². The zero-order valence-corrected chi connectivity index (χ0v) is 14.2. The number of hydrogen-bond acceptors (Lipinski definition) is 4. The standard InChI is InChI=1S/C18H30O4/c1-4-5-6-7-8-9-10-11-12-13-15(19)16-14(2)18(3,21)22-17(16)20/h21H,4-13H2,1-3H3. The Balaban J connectivity index is 2.19. The molecule has 1 atom stereocenters. The number of unbranched alkanes of at least 4 members (excludes halogenated alkanes) is 8. The lowest BCUT2D eigenvalue weighted by atomic mass is 9.98. The highest BCUT2D eigenvalue weighted by molar-refractivity contribution is 6.19. The summed E-state index contributed by atoms with van der Waals surface area (Å²) in [6.45, 7) is 5.18. The van der Waals surface area contributed by atoms with Crippen LogP contribution in [0.25, 0.3) is 0 Å². The van der Waals surface area contributed by atoms with E-state index in [1.165, 1.54) is 45.4 Å². The lowest BCUT2D eigenvalue weighted by Crippen LogP contribution is -2.25. The summed E-state index contributed by atoms with van der Waals surface area (Å²) in [6, 6.07) is 0. The highest BCUT2D eigenvalue weighted by Gasteiger charge is 2.42. The zero-order valence-electron chi connectivity index (χ0n) is 14.2. The largest absolute Gasteiger partial charge is 0.426 e. The van der Waals surface area contributed by atoms with E-state index in [0.717, 1.165) is 19.3 Å². The van der Waals surface area contributed by atoms with Gasteiger partial charge in [0.05, 0.1) is 0 Å². The van der Waals surface area contributed by atoms with Crippen molar-refractivity contribution >= 4 is 11.8 Å². The number of aliphatic hydroxyl groups is 1. The third-order valence-corrected chi connectivity index (χ3v) is 4.35. The summed E-state index contributed by atoms with van der Waals surface area (Å²) in [6.07, 6.45) is 11.0. The second-order valence-electron chi connectivity index (χ2n) is 6.37. The van der Waals surface area contributed by atoms with Crippen molar-refractivity contribution in [1.82, 2.24) is 0 Å². The van der Waals surface area contributed by atoms with Crippen LogP contribution in [0, 0.1) is 0 Å². The minimum Gasteiger partial charge on any atom is -0.426 e. The summed E-state index contributed by atoms with van der Waals surface area (Å²) in [5.74, 6) is -2.52. The molecule has 1 aliphatic heterocycles. The molecule has 0 fully saturated rings. The predicted molar refractivity (Wildman–Crippen MR) is 86.3 cm³/mol. The fourth-order valence-electron chi connectivity index (χ4n) is 2.74. The summed E-state index contributed by atoms with van der Waals surface area (Å²) in [7, 11) is 0. The molecule has 1 unspecified atom stereocenters. The Hall–Kier alpha value is -1.16. The third kappa shape index (κ3) is 5.56. The van der Waals surface area contributed by atoms with Crippen LogP contribution in [0.2, 0.25) is 0 Å². The lowest BCUT2D eigenvalue weighted by molar-refractivity contribution is -0.175. The van der Waals surface area contributed by atoms with Crippen LogP contribution in [0.5, 0.6) is 0 Å². The minimum atomic E-state index is -1.62.